The monoisotopic (exact) mass is 492 g/mol. The second kappa shape index (κ2) is 10.3. The third kappa shape index (κ3) is 5.95. The summed E-state index contributed by atoms with van der Waals surface area (Å²) in [5, 5.41) is 6.64. The van der Waals surface area contributed by atoms with Crippen LogP contribution < -0.4 is 10.6 Å². The first-order valence-electron chi connectivity index (χ1n) is 8.53. The minimum atomic E-state index is -3.44. The molecule has 0 saturated heterocycles. The van der Waals surface area contributed by atoms with Crippen molar-refractivity contribution in [3.05, 3.63) is 42.0 Å². The molecule has 1 aliphatic rings. The van der Waals surface area contributed by atoms with Crippen LogP contribution in [0.1, 0.15) is 32.3 Å². The molecule has 0 atom stereocenters. The number of sulfonamides is 1. The summed E-state index contributed by atoms with van der Waals surface area (Å²) < 4.78 is 26.3. The number of halogens is 1. The first kappa shape index (κ1) is 22.9. The lowest BCUT2D eigenvalue weighted by Crippen LogP contribution is -2.42. The van der Waals surface area contributed by atoms with Crippen LogP contribution in [0.25, 0.3) is 0 Å². The van der Waals surface area contributed by atoms with Gasteiger partial charge in [0.1, 0.15) is 0 Å². The number of aliphatic imine (C=N–C) groups is 1. The number of benzene rings is 1. The quantitative estimate of drug-likeness (QED) is 0.277. The Morgan fingerprint density at radius 2 is 1.81 bits per heavy atom. The molecule has 1 aromatic carbocycles. The molecule has 1 aliphatic carbocycles. The van der Waals surface area contributed by atoms with Gasteiger partial charge in [0.05, 0.1) is 4.90 Å². The largest absolute Gasteiger partial charge is 0.353 e. The zero-order valence-corrected chi connectivity index (χ0v) is 18.9. The molecule has 2 rings (SSSR count). The van der Waals surface area contributed by atoms with Crippen LogP contribution in [0.15, 0.2) is 46.3 Å². The molecule has 0 spiro atoms. The molecule has 0 radical (unpaired) electrons. The summed E-state index contributed by atoms with van der Waals surface area (Å²) in [6, 6.07) is 7.29. The third-order valence-corrected chi connectivity index (χ3v) is 6.41. The molecule has 6 nitrogen and oxygen atoms in total. The van der Waals surface area contributed by atoms with E-state index in [1.54, 1.807) is 26.2 Å². The first-order chi connectivity index (χ1) is 11.8. The van der Waals surface area contributed by atoms with Crippen LogP contribution in [0, 0.1) is 0 Å². The molecule has 8 heteroatoms. The Morgan fingerprint density at radius 1 is 1.23 bits per heavy atom. The SMILES string of the molecule is CN=C(NCc1ccc(S(=O)(=O)N(C)C(C)C)cc1)NC1CC=CC1.I. The van der Waals surface area contributed by atoms with Gasteiger partial charge in [0.2, 0.25) is 10.0 Å². The summed E-state index contributed by atoms with van der Waals surface area (Å²) in [6.45, 7) is 4.29. The van der Waals surface area contributed by atoms with Crippen molar-refractivity contribution in [2.45, 2.75) is 50.2 Å². The van der Waals surface area contributed by atoms with E-state index in [1.807, 2.05) is 26.0 Å². The molecule has 0 heterocycles. The van der Waals surface area contributed by atoms with Crippen LogP contribution in [-0.4, -0.2) is 44.9 Å². The molecule has 0 saturated carbocycles. The molecule has 0 amide bonds. The molecular weight excluding hydrogens is 463 g/mol. The van der Waals surface area contributed by atoms with Gasteiger partial charge in [0.15, 0.2) is 5.96 Å². The van der Waals surface area contributed by atoms with E-state index in [9.17, 15) is 8.42 Å². The van der Waals surface area contributed by atoms with Crippen molar-refractivity contribution in [2.24, 2.45) is 4.99 Å². The van der Waals surface area contributed by atoms with Crippen LogP contribution in [0.2, 0.25) is 0 Å². The maximum Gasteiger partial charge on any atom is 0.243 e. The number of hydrogen-bond acceptors (Lipinski definition) is 3. The minimum absolute atomic E-state index is 0. The lowest BCUT2D eigenvalue weighted by Gasteiger charge is -2.21. The second-order valence-electron chi connectivity index (χ2n) is 6.47. The number of rotatable bonds is 6. The van der Waals surface area contributed by atoms with E-state index in [4.69, 9.17) is 0 Å². The van der Waals surface area contributed by atoms with Gasteiger partial charge in [-0.1, -0.05) is 24.3 Å². The van der Waals surface area contributed by atoms with Crippen molar-refractivity contribution in [3.8, 4) is 0 Å². The Labute approximate surface area is 174 Å². The lowest BCUT2D eigenvalue weighted by molar-refractivity contribution is 0.410. The van der Waals surface area contributed by atoms with Crippen molar-refractivity contribution in [1.29, 1.82) is 0 Å². The first-order valence-corrected chi connectivity index (χ1v) is 9.97. The smallest absolute Gasteiger partial charge is 0.243 e. The normalized spacial score (nSPS) is 15.4. The van der Waals surface area contributed by atoms with Gasteiger partial charge in [-0.05, 0) is 44.4 Å². The highest BCUT2D eigenvalue weighted by molar-refractivity contribution is 14.0. The number of nitrogens with zero attached hydrogens (tertiary/aromatic N) is 2. The molecular formula is C18H29IN4O2S. The van der Waals surface area contributed by atoms with Crippen LogP contribution in [0.3, 0.4) is 0 Å². The van der Waals surface area contributed by atoms with E-state index in [1.165, 1.54) is 4.31 Å². The molecule has 0 bridgehead atoms. The summed E-state index contributed by atoms with van der Waals surface area (Å²) in [7, 11) is -0.0914. The summed E-state index contributed by atoms with van der Waals surface area (Å²) in [4.78, 5) is 4.54. The molecule has 0 aromatic heterocycles. The van der Waals surface area contributed by atoms with E-state index < -0.39 is 10.0 Å². The molecule has 0 aliphatic heterocycles. The topological polar surface area (TPSA) is 73.8 Å². The fourth-order valence-corrected chi connectivity index (χ4v) is 3.90. The number of nitrogens with one attached hydrogen (secondary N) is 2. The lowest BCUT2D eigenvalue weighted by atomic mass is 10.2. The maximum absolute atomic E-state index is 12.5. The Morgan fingerprint density at radius 3 is 2.31 bits per heavy atom. The molecule has 0 fully saturated rings. The Bertz CT molecular complexity index is 722. The zero-order valence-electron chi connectivity index (χ0n) is 15.8. The van der Waals surface area contributed by atoms with Gasteiger partial charge in [-0.15, -0.1) is 24.0 Å². The molecule has 2 N–H and O–H groups in total. The van der Waals surface area contributed by atoms with Crippen LogP contribution >= 0.6 is 24.0 Å². The standard InChI is InChI=1S/C18H28N4O2S.HI/c1-14(2)22(4)25(23,24)17-11-9-15(10-12-17)13-20-18(19-3)21-16-7-5-6-8-16;/h5-6,9-12,14,16H,7-8,13H2,1-4H3,(H2,19,20,21);1H. The highest BCUT2D eigenvalue weighted by Gasteiger charge is 2.22. The van der Waals surface area contributed by atoms with Gasteiger partial charge >= 0.3 is 0 Å². The van der Waals surface area contributed by atoms with E-state index in [0.29, 0.717) is 17.5 Å². The van der Waals surface area contributed by atoms with E-state index >= 15 is 0 Å². The average Bonchev–Trinajstić information content (AvgIpc) is 3.11. The number of hydrogen-bond donors (Lipinski definition) is 2. The van der Waals surface area contributed by atoms with Crippen LogP contribution in [0.4, 0.5) is 0 Å². The predicted molar refractivity (Wildman–Crippen MR) is 117 cm³/mol. The van der Waals surface area contributed by atoms with E-state index in [0.717, 1.165) is 24.4 Å². The van der Waals surface area contributed by atoms with Crippen molar-refractivity contribution >= 4 is 40.0 Å². The summed E-state index contributed by atoms with van der Waals surface area (Å²) in [5.74, 6) is 0.755. The molecule has 146 valence electrons. The predicted octanol–water partition coefficient (Wildman–Crippen LogP) is 2.72. The van der Waals surface area contributed by atoms with Gasteiger partial charge in [0, 0.05) is 32.7 Å². The highest BCUT2D eigenvalue weighted by atomic mass is 127. The van der Waals surface area contributed by atoms with Crippen LogP contribution in [0.5, 0.6) is 0 Å². The Hall–Kier alpha value is -1.13. The van der Waals surface area contributed by atoms with Gasteiger partial charge in [-0.2, -0.15) is 4.31 Å². The fraction of sp³-hybridized carbons (Fsp3) is 0.500. The Balaban J connectivity index is 0.00000338. The minimum Gasteiger partial charge on any atom is -0.353 e. The summed E-state index contributed by atoms with van der Waals surface area (Å²) in [6.07, 6.45) is 6.35. The average molecular weight is 492 g/mol. The van der Waals surface area contributed by atoms with Gasteiger partial charge in [0.25, 0.3) is 0 Å². The molecule has 26 heavy (non-hydrogen) atoms. The van der Waals surface area contributed by atoms with Crippen LogP contribution in [-0.2, 0) is 16.6 Å². The summed E-state index contributed by atoms with van der Waals surface area (Å²) >= 11 is 0. The second-order valence-corrected chi connectivity index (χ2v) is 8.47. The third-order valence-electron chi connectivity index (χ3n) is 4.36. The fourth-order valence-electron chi connectivity index (χ4n) is 2.53. The van der Waals surface area contributed by atoms with Crippen molar-refractivity contribution in [1.82, 2.24) is 14.9 Å². The molecule has 0 unspecified atom stereocenters. The maximum atomic E-state index is 12.5. The van der Waals surface area contributed by atoms with Crippen molar-refractivity contribution < 1.29 is 8.42 Å². The van der Waals surface area contributed by atoms with Gasteiger partial charge in [-0.3, -0.25) is 4.99 Å². The zero-order chi connectivity index (χ0) is 18.4. The number of guanidine groups is 1. The van der Waals surface area contributed by atoms with Crippen molar-refractivity contribution in [3.63, 3.8) is 0 Å². The van der Waals surface area contributed by atoms with Gasteiger partial charge in [-0.25, -0.2) is 8.42 Å². The highest BCUT2D eigenvalue weighted by Crippen LogP contribution is 2.17. The molecule has 1 aromatic rings. The Kier molecular flexibility index (Phi) is 9.05. The van der Waals surface area contributed by atoms with E-state index in [-0.39, 0.29) is 30.0 Å². The van der Waals surface area contributed by atoms with E-state index in [2.05, 4.69) is 27.8 Å². The summed E-state index contributed by atoms with van der Waals surface area (Å²) in [5.41, 5.74) is 0.999. The van der Waals surface area contributed by atoms with Gasteiger partial charge < -0.3 is 10.6 Å². The van der Waals surface area contributed by atoms with Crippen molar-refractivity contribution in [2.75, 3.05) is 14.1 Å².